The van der Waals surface area contributed by atoms with Gasteiger partial charge in [-0.25, -0.2) is 0 Å². The molecular formula is C21H26N2O3. The first-order chi connectivity index (χ1) is 12.5. The molecule has 0 aromatic heterocycles. The van der Waals surface area contributed by atoms with E-state index in [-0.39, 0.29) is 28.7 Å². The van der Waals surface area contributed by atoms with Gasteiger partial charge < -0.3 is 24.8 Å². The molecule has 5 nitrogen and oxygen atoms in total. The van der Waals surface area contributed by atoms with E-state index in [4.69, 9.17) is 9.47 Å². The van der Waals surface area contributed by atoms with Gasteiger partial charge >= 0.3 is 0 Å². The third-order valence-corrected chi connectivity index (χ3v) is 8.42. The zero-order valence-electron chi connectivity index (χ0n) is 15.6. The van der Waals surface area contributed by atoms with E-state index in [0.717, 1.165) is 25.8 Å². The highest BCUT2D eigenvalue weighted by atomic mass is 16.6. The molecule has 2 heterocycles. The van der Waals surface area contributed by atoms with Crippen LogP contribution in [0.4, 0.5) is 0 Å². The van der Waals surface area contributed by atoms with Crippen molar-refractivity contribution in [1.29, 1.82) is 0 Å². The first-order valence-electron chi connectivity index (χ1n) is 9.69. The molecule has 26 heavy (non-hydrogen) atoms. The number of nitrogens with one attached hydrogen (secondary N) is 1. The number of likely N-dealkylation sites (tertiary alicyclic amines) is 1. The van der Waals surface area contributed by atoms with Gasteiger partial charge in [0.15, 0.2) is 11.5 Å². The van der Waals surface area contributed by atoms with Gasteiger partial charge in [0.25, 0.3) is 0 Å². The molecule has 2 aliphatic heterocycles. The Balaban J connectivity index is 1.73. The van der Waals surface area contributed by atoms with Crippen LogP contribution in [0.25, 0.3) is 0 Å². The number of likely N-dealkylation sites (N-methyl/N-ethyl adjacent to an activating group) is 2. The first-order valence-corrected chi connectivity index (χ1v) is 9.69. The van der Waals surface area contributed by atoms with Crippen LogP contribution in [0.2, 0.25) is 0 Å². The van der Waals surface area contributed by atoms with Crippen molar-refractivity contribution in [1.82, 2.24) is 10.2 Å². The van der Waals surface area contributed by atoms with Crippen molar-refractivity contribution in [3.8, 4) is 11.5 Å². The molecule has 4 bridgehead atoms. The van der Waals surface area contributed by atoms with Crippen LogP contribution in [0, 0.1) is 5.41 Å². The fourth-order valence-electron chi connectivity index (χ4n) is 7.38. The molecule has 6 atom stereocenters. The summed E-state index contributed by atoms with van der Waals surface area (Å²) in [6.07, 6.45) is 7.71. The van der Waals surface area contributed by atoms with Crippen molar-refractivity contribution in [2.45, 2.75) is 48.5 Å². The van der Waals surface area contributed by atoms with Crippen LogP contribution < -0.4 is 10.1 Å². The van der Waals surface area contributed by atoms with E-state index in [0.29, 0.717) is 11.8 Å². The normalized spacial score (nSPS) is 47.0. The Labute approximate surface area is 154 Å². The van der Waals surface area contributed by atoms with E-state index < -0.39 is 5.60 Å². The molecule has 1 saturated carbocycles. The zero-order valence-corrected chi connectivity index (χ0v) is 15.6. The van der Waals surface area contributed by atoms with E-state index >= 15 is 0 Å². The average molecular weight is 354 g/mol. The van der Waals surface area contributed by atoms with E-state index in [9.17, 15) is 5.11 Å². The number of phenolic OH excluding ortho intramolecular Hbond substituents is 1. The highest BCUT2D eigenvalue weighted by molar-refractivity contribution is 5.65. The second-order valence-corrected chi connectivity index (χ2v) is 8.84. The molecular weight excluding hydrogens is 328 g/mol. The molecule has 6 aliphatic rings. The Morgan fingerprint density at radius 3 is 2.96 bits per heavy atom. The lowest BCUT2D eigenvalue weighted by Gasteiger charge is -2.71. The molecule has 7 rings (SSSR count). The molecule has 1 saturated heterocycles. The fourth-order valence-corrected chi connectivity index (χ4v) is 7.38. The summed E-state index contributed by atoms with van der Waals surface area (Å²) in [6, 6.07) is 4.57. The lowest BCUT2D eigenvalue weighted by molar-refractivity contribution is -0.199. The summed E-state index contributed by atoms with van der Waals surface area (Å²) < 4.78 is 12.8. The number of ether oxygens (including phenoxy) is 2. The molecule has 4 aliphatic carbocycles. The second kappa shape index (κ2) is 4.46. The van der Waals surface area contributed by atoms with E-state index in [1.807, 2.05) is 7.05 Å². The van der Waals surface area contributed by atoms with Crippen molar-refractivity contribution in [3.63, 3.8) is 0 Å². The maximum absolute atomic E-state index is 10.6. The summed E-state index contributed by atoms with van der Waals surface area (Å²) in [7, 11) is 6.08. The van der Waals surface area contributed by atoms with Crippen molar-refractivity contribution in [2.24, 2.45) is 5.41 Å². The SMILES string of the molecule is CNC1C[C@@]23C=CC1(OC)C1Oc4c(O)ccc5c4[C@@]12CCN(C)[C@@H]3C5. The van der Waals surface area contributed by atoms with E-state index in [1.54, 1.807) is 13.2 Å². The largest absolute Gasteiger partial charge is 0.504 e. The quantitative estimate of drug-likeness (QED) is 0.790. The number of nitrogens with zero attached hydrogens (tertiary/aromatic N) is 1. The number of fused-ring (bicyclic) bond motifs is 1. The Bertz CT molecular complexity index is 854. The maximum Gasteiger partial charge on any atom is 0.165 e. The van der Waals surface area contributed by atoms with Gasteiger partial charge in [-0.05, 0) is 51.5 Å². The number of phenols is 1. The summed E-state index contributed by atoms with van der Waals surface area (Å²) in [5, 5.41) is 14.1. The molecule has 0 amide bonds. The first kappa shape index (κ1) is 15.5. The van der Waals surface area contributed by atoms with Crippen LogP contribution in [0.1, 0.15) is 24.0 Å². The summed E-state index contributed by atoms with van der Waals surface area (Å²) in [4.78, 5) is 2.54. The third-order valence-electron chi connectivity index (χ3n) is 8.42. The number of hydrogen-bond acceptors (Lipinski definition) is 5. The number of rotatable bonds is 2. The molecule has 1 aromatic carbocycles. The molecule has 0 radical (unpaired) electrons. The Morgan fingerprint density at radius 2 is 2.19 bits per heavy atom. The van der Waals surface area contributed by atoms with Crippen molar-refractivity contribution in [2.75, 3.05) is 27.7 Å². The molecule has 2 N–H and O–H groups in total. The Morgan fingerprint density at radius 1 is 1.35 bits per heavy atom. The summed E-state index contributed by atoms with van der Waals surface area (Å²) in [5.41, 5.74) is 2.02. The lowest BCUT2D eigenvalue weighted by atomic mass is 9.38. The number of hydrogen-bond donors (Lipinski definition) is 2. The van der Waals surface area contributed by atoms with Crippen LogP contribution in [-0.4, -0.2) is 61.5 Å². The highest BCUT2D eigenvalue weighted by Crippen LogP contribution is 2.73. The van der Waals surface area contributed by atoms with Crippen LogP contribution in [0.15, 0.2) is 24.3 Å². The number of piperidine rings is 1. The van der Waals surface area contributed by atoms with E-state index in [2.05, 4.69) is 35.5 Å². The lowest BCUT2D eigenvalue weighted by Crippen LogP contribution is -2.81. The average Bonchev–Trinajstić information content (AvgIpc) is 3.03. The summed E-state index contributed by atoms with van der Waals surface area (Å²) in [5.74, 6) is 0.980. The van der Waals surface area contributed by atoms with Gasteiger partial charge in [0, 0.05) is 30.2 Å². The Hall–Kier alpha value is -1.56. The van der Waals surface area contributed by atoms with Crippen molar-refractivity contribution < 1.29 is 14.6 Å². The highest BCUT2D eigenvalue weighted by Gasteiger charge is 2.78. The maximum atomic E-state index is 10.6. The monoisotopic (exact) mass is 354 g/mol. The van der Waals surface area contributed by atoms with Crippen LogP contribution >= 0.6 is 0 Å². The minimum atomic E-state index is -0.503. The topological polar surface area (TPSA) is 54.0 Å². The fraction of sp³-hybridized carbons (Fsp3) is 0.619. The van der Waals surface area contributed by atoms with Crippen LogP contribution in [-0.2, 0) is 16.6 Å². The van der Waals surface area contributed by atoms with Gasteiger partial charge in [-0.2, -0.15) is 0 Å². The number of methoxy groups -OCH3 is 1. The minimum Gasteiger partial charge on any atom is -0.504 e. The molecule has 2 fully saturated rings. The number of aromatic hydroxyl groups is 1. The van der Waals surface area contributed by atoms with Crippen LogP contribution in [0.3, 0.4) is 0 Å². The predicted molar refractivity (Wildman–Crippen MR) is 97.7 cm³/mol. The Kier molecular flexibility index (Phi) is 2.66. The predicted octanol–water partition coefficient (Wildman–Crippen LogP) is 1.58. The molecule has 3 unspecified atom stereocenters. The molecule has 5 heteroatoms. The van der Waals surface area contributed by atoms with Crippen molar-refractivity contribution >= 4 is 0 Å². The third kappa shape index (κ3) is 1.29. The smallest absolute Gasteiger partial charge is 0.165 e. The van der Waals surface area contributed by atoms with Crippen LogP contribution in [0.5, 0.6) is 11.5 Å². The molecule has 2 spiro atoms. The van der Waals surface area contributed by atoms with Gasteiger partial charge in [-0.1, -0.05) is 18.2 Å². The zero-order chi connectivity index (χ0) is 17.9. The van der Waals surface area contributed by atoms with Gasteiger partial charge in [-0.15, -0.1) is 0 Å². The molecule has 1 aromatic rings. The van der Waals surface area contributed by atoms with Gasteiger partial charge in [0.1, 0.15) is 11.7 Å². The standard InChI is InChI=1S/C21H26N2O3/c1-22-14-11-19-6-7-21(14,25-3)18-20(19)8-9-23(2)15(19)10-12-4-5-13(24)17(26-18)16(12)20/h4-7,14-15,18,22,24H,8-11H2,1-3H3/t14?,15-,18?,19-,20+,21?/m1/s1. The number of benzene rings is 1. The van der Waals surface area contributed by atoms with Gasteiger partial charge in [-0.3, -0.25) is 0 Å². The summed E-state index contributed by atoms with van der Waals surface area (Å²) >= 11 is 0. The second-order valence-electron chi connectivity index (χ2n) is 8.84. The van der Waals surface area contributed by atoms with Crippen molar-refractivity contribution in [3.05, 3.63) is 35.4 Å². The van der Waals surface area contributed by atoms with Gasteiger partial charge in [0.2, 0.25) is 0 Å². The molecule has 138 valence electrons. The minimum absolute atomic E-state index is 0.0185. The summed E-state index contributed by atoms with van der Waals surface area (Å²) in [6.45, 7) is 1.05. The van der Waals surface area contributed by atoms with E-state index in [1.165, 1.54) is 11.1 Å². The van der Waals surface area contributed by atoms with Gasteiger partial charge in [0.05, 0.1) is 5.41 Å².